The number of phenols is 1. The minimum absolute atomic E-state index is 0.201. The summed E-state index contributed by atoms with van der Waals surface area (Å²) in [6, 6.07) is 13.5. The van der Waals surface area contributed by atoms with Gasteiger partial charge in [-0.2, -0.15) is 0 Å². The van der Waals surface area contributed by atoms with Gasteiger partial charge in [-0.3, -0.25) is 0 Å². The van der Waals surface area contributed by atoms with E-state index in [-0.39, 0.29) is 5.75 Å². The number of phenolic OH excluding ortho intramolecular Hbond substituents is 1. The molecule has 4 nitrogen and oxygen atoms in total. The van der Waals surface area contributed by atoms with Crippen molar-refractivity contribution >= 4 is 17.1 Å². The fourth-order valence-electron chi connectivity index (χ4n) is 1.36. The number of nitrogens with one attached hydrogen (secondary N) is 1. The average Bonchev–Trinajstić information content (AvgIpc) is 2.33. The maximum absolute atomic E-state index is 10.5. The van der Waals surface area contributed by atoms with Crippen LogP contribution < -0.4 is 5.32 Å². The molecule has 0 fully saturated rings. The lowest BCUT2D eigenvalue weighted by Gasteiger charge is -2.07. The SMILES string of the molecule is O=Nc1ccccc1Nc1ccc(O)cc1. The van der Waals surface area contributed by atoms with E-state index in [1.165, 1.54) is 0 Å². The van der Waals surface area contributed by atoms with Crippen LogP contribution in [0.15, 0.2) is 53.7 Å². The maximum atomic E-state index is 10.5. The minimum Gasteiger partial charge on any atom is -0.508 e. The molecule has 0 aliphatic carbocycles. The summed E-state index contributed by atoms with van der Waals surface area (Å²) in [5, 5.41) is 15.1. The summed E-state index contributed by atoms with van der Waals surface area (Å²) in [5.74, 6) is 0.201. The third-order valence-corrected chi connectivity index (χ3v) is 2.15. The van der Waals surface area contributed by atoms with Crippen LogP contribution in [-0.4, -0.2) is 5.11 Å². The molecule has 2 rings (SSSR count). The third kappa shape index (κ3) is 2.17. The van der Waals surface area contributed by atoms with Crippen LogP contribution in [0.2, 0.25) is 0 Å². The van der Waals surface area contributed by atoms with Gasteiger partial charge < -0.3 is 10.4 Å². The zero-order chi connectivity index (χ0) is 11.4. The van der Waals surface area contributed by atoms with Gasteiger partial charge in [-0.05, 0) is 41.6 Å². The van der Waals surface area contributed by atoms with Gasteiger partial charge in [-0.1, -0.05) is 12.1 Å². The first-order valence-corrected chi connectivity index (χ1v) is 4.78. The molecule has 2 aromatic rings. The standard InChI is InChI=1S/C12H10N2O2/c15-10-7-5-9(6-8-10)13-11-3-1-2-4-12(11)14-16/h1-8,13,15H. The highest BCUT2D eigenvalue weighted by atomic mass is 16.3. The number of nitroso groups, excluding NO2 is 1. The monoisotopic (exact) mass is 214 g/mol. The Morgan fingerprint density at radius 3 is 2.38 bits per heavy atom. The van der Waals surface area contributed by atoms with Crippen LogP contribution in [0.4, 0.5) is 17.1 Å². The van der Waals surface area contributed by atoms with Crippen molar-refractivity contribution in [1.29, 1.82) is 0 Å². The van der Waals surface area contributed by atoms with Crippen molar-refractivity contribution in [2.45, 2.75) is 0 Å². The summed E-state index contributed by atoms with van der Waals surface area (Å²) in [6.45, 7) is 0. The zero-order valence-corrected chi connectivity index (χ0v) is 8.42. The second-order valence-corrected chi connectivity index (χ2v) is 3.28. The quantitative estimate of drug-likeness (QED) is 0.606. The van der Waals surface area contributed by atoms with Crippen LogP contribution in [0.1, 0.15) is 0 Å². The van der Waals surface area contributed by atoms with E-state index in [2.05, 4.69) is 10.5 Å². The zero-order valence-electron chi connectivity index (χ0n) is 8.42. The second-order valence-electron chi connectivity index (χ2n) is 3.28. The molecule has 0 bridgehead atoms. The Morgan fingerprint density at radius 2 is 1.69 bits per heavy atom. The number of para-hydroxylation sites is 1. The first kappa shape index (κ1) is 10.2. The van der Waals surface area contributed by atoms with Crippen LogP contribution in [0, 0.1) is 4.91 Å². The number of aromatic hydroxyl groups is 1. The lowest BCUT2D eigenvalue weighted by molar-refractivity contribution is 0.475. The highest BCUT2D eigenvalue weighted by Crippen LogP contribution is 2.27. The Labute approximate surface area is 92.5 Å². The van der Waals surface area contributed by atoms with E-state index in [0.717, 1.165) is 5.69 Å². The van der Waals surface area contributed by atoms with Crippen molar-refractivity contribution < 1.29 is 5.11 Å². The molecule has 2 aromatic carbocycles. The largest absolute Gasteiger partial charge is 0.508 e. The van der Waals surface area contributed by atoms with Gasteiger partial charge in [-0.25, -0.2) is 0 Å². The predicted octanol–water partition coefficient (Wildman–Crippen LogP) is 3.53. The highest BCUT2D eigenvalue weighted by Gasteiger charge is 2.01. The molecule has 0 aromatic heterocycles. The Balaban J connectivity index is 2.26. The number of anilines is 2. The lowest BCUT2D eigenvalue weighted by Crippen LogP contribution is -1.89. The first-order chi connectivity index (χ1) is 7.79. The molecule has 2 N–H and O–H groups in total. The lowest BCUT2D eigenvalue weighted by atomic mass is 10.2. The molecule has 0 spiro atoms. The van der Waals surface area contributed by atoms with Crippen molar-refractivity contribution in [3.8, 4) is 5.75 Å². The third-order valence-electron chi connectivity index (χ3n) is 2.15. The molecular formula is C12H10N2O2. The molecular weight excluding hydrogens is 204 g/mol. The molecule has 80 valence electrons. The van der Waals surface area contributed by atoms with Crippen molar-refractivity contribution in [2.24, 2.45) is 5.18 Å². The normalized spacial score (nSPS) is 9.75. The summed E-state index contributed by atoms with van der Waals surface area (Å²) in [4.78, 5) is 10.5. The van der Waals surface area contributed by atoms with Crippen LogP contribution in [0.3, 0.4) is 0 Å². The van der Waals surface area contributed by atoms with E-state index < -0.39 is 0 Å². The average molecular weight is 214 g/mol. The van der Waals surface area contributed by atoms with E-state index in [4.69, 9.17) is 5.11 Å². The van der Waals surface area contributed by atoms with Crippen LogP contribution >= 0.6 is 0 Å². The predicted molar refractivity (Wildman–Crippen MR) is 63.3 cm³/mol. The summed E-state index contributed by atoms with van der Waals surface area (Å²) in [6.07, 6.45) is 0. The van der Waals surface area contributed by atoms with Gasteiger partial charge in [0.25, 0.3) is 0 Å². The topological polar surface area (TPSA) is 61.7 Å². The molecule has 0 heterocycles. The summed E-state index contributed by atoms with van der Waals surface area (Å²) < 4.78 is 0. The molecule has 0 radical (unpaired) electrons. The van der Waals surface area contributed by atoms with Crippen LogP contribution in [0.5, 0.6) is 5.75 Å². The minimum atomic E-state index is 0.201. The first-order valence-electron chi connectivity index (χ1n) is 4.78. The molecule has 16 heavy (non-hydrogen) atoms. The number of rotatable bonds is 3. The van der Waals surface area contributed by atoms with Crippen LogP contribution in [-0.2, 0) is 0 Å². The van der Waals surface area contributed by atoms with Crippen molar-refractivity contribution in [1.82, 2.24) is 0 Å². The van der Waals surface area contributed by atoms with Crippen molar-refractivity contribution in [3.05, 3.63) is 53.4 Å². The molecule has 0 aliphatic rings. The highest BCUT2D eigenvalue weighted by molar-refractivity contribution is 5.71. The van der Waals surface area contributed by atoms with Crippen molar-refractivity contribution in [2.75, 3.05) is 5.32 Å². The fourth-order valence-corrected chi connectivity index (χ4v) is 1.36. The van der Waals surface area contributed by atoms with Gasteiger partial charge in [0.1, 0.15) is 11.4 Å². The molecule has 0 unspecified atom stereocenters. The van der Waals surface area contributed by atoms with E-state index in [9.17, 15) is 4.91 Å². The van der Waals surface area contributed by atoms with Gasteiger partial charge in [0.15, 0.2) is 0 Å². The second kappa shape index (κ2) is 4.44. The summed E-state index contributed by atoms with van der Waals surface area (Å²) >= 11 is 0. The van der Waals surface area contributed by atoms with Gasteiger partial charge >= 0.3 is 0 Å². The Kier molecular flexibility index (Phi) is 2.82. The number of benzene rings is 2. The summed E-state index contributed by atoms with van der Waals surface area (Å²) in [7, 11) is 0. The Hall–Kier alpha value is -2.36. The number of hydrogen-bond donors (Lipinski definition) is 2. The molecule has 0 atom stereocenters. The smallest absolute Gasteiger partial charge is 0.131 e. The Morgan fingerprint density at radius 1 is 1.00 bits per heavy atom. The molecule has 0 aliphatic heterocycles. The number of nitrogens with zero attached hydrogens (tertiary/aromatic N) is 1. The van der Waals surface area contributed by atoms with Crippen LogP contribution in [0.25, 0.3) is 0 Å². The number of hydrogen-bond acceptors (Lipinski definition) is 4. The molecule has 0 saturated heterocycles. The van der Waals surface area contributed by atoms with Gasteiger partial charge in [0.05, 0.1) is 5.69 Å². The van der Waals surface area contributed by atoms with Gasteiger partial charge in [0.2, 0.25) is 0 Å². The fraction of sp³-hybridized carbons (Fsp3) is 0. The van der Waals surface area contributed by atoms with E-state index in [1.54, 1.807) is 42.5 Å². The molecule has 0 amide bonds. The van der Waals surface area contributed by atoms with E-state index >= 15 is 0 Å². The summed E-state index contributed by atoms with van der Waals surface area (Å²) in [5.41, 5.74) is 1.78. The molecule has 4 heteroatoms. The maximum Gasteiger partial charge on any atom is 0.131 e. The Bertz CT molecular complexity index is 495. The van der Waals surface area contributed by atoms with Crippen molar-refractivity contribution in [3.63, 3.8) is 0 Å². The molecule has 0 saturated carbocycles. The van der Waals surface area contributed by atoms with Gasteiger partial charge in [-0.15, -0.1) is 4.91 Å². The van der Waals surface area contributed by atoms with Gasteiger partial charge in [0, 0.05) is 5.69 Å². The van der Waals surface area contributed by atoms with E-state index in [1.807, 2.05) is 6.07 Å². The van der Waals surface area contributed by atoms with E-state index in [0.29, 0.717) is 11.4 Å².